The molecule has 2 amide bonds. The average molecular weight is 404 g/mol. The Morgan fingerprint density at radius 2 is 2.04 bits per heavy atom. The van der Waals surface area contributed by atoms with E-state index in [2.05, 4.69) is 15.2 Å². The minimum Gasteiger partial charge on any atom is -0.497 e. The number of ether oxygens (including phenoxy) is 2. The van der Waals surface area contributed by atoms with Crippen molar-refractivity contribution in [1.29, 1.82) is 0 Å². The highest BCUT2D eigenvalue weighted by Gasteiger charge is 2.21. The third-order valence-corrected chi connectivity index (χ3v) is 5.12. The fourth-order valence-electron chi connectivity index (χ4n) is 2.87. The Bertz CT molecular complexity index is 761. The molecule has 0 radical (unpaired) electrons. The highest BCUT2D eigenvalue weighted by molar-refractivity contribution is 7.13. The van der Waals surface area contributed by atoms with Crippen molar-refractivity contribution in [3.05, 3.63) is 41.4 Å². The molecule has 1 saturated heterocycles. The second-order valence-electron chi connectivity index (χ2n) is 6.29. The molecule has 0 saturated carbocycles. The van der Waals surface area contributed by atoms with Gasteiger partial charge in [0, 0.05) is 43.3 Å². The van der Waals surface area contributed by atoms with Crippen LogP contribution in [0.5, 0.6) is 5.75 Å². The standard InChI is InChI=1S/C19H24N4O4S/c1-26-16-4-2-15(3-5-16)18(25)23(8-7-22-9-11-27-12-10-22)14-17(24)21-19-20-6-13-28-19/h2-6,13H,7-12,14H2,1H3,(H,20,21,24). The van der Waals surface area contributed by atoms with Gasteiger partial charge in [0.1, 0.15) is 12.3 Å². The summed E-state index contributed by atoms with van der Waals surface area (Å²) in [7, 11) is 1.58. The summed E-state index contributed by atoms with van der Waals surface area (Å²) in [6.45, 7) is 4.15. The fraction of sp³-hybridized carbons (Fsp3) is 0.421. The maximum absolute atomic E-state index is 13.0. The number of carbonyl (C=O) groups is 2. The van der Waals surface area contributed by atoms with Gasteiger partial charge in [0.2, 0.25) is 5.91 Å². The van der Waals surface area contributed by atoms with Gasteiger partial charge in [-0.15, -0.1) is 11.3 Å². The molecule has 0 atom stereocenters. The fourth-order valence-corrected chi connectivity index (χ4v) is 3.42. The lowest BCUT2D eigenvalue weighted by molar-refractivity contribution is -0.117. The molecule has 0 aliphatic carbocycles. The van der Waals surface area contributed by atoms with E-state index in [9.17, 15) is 9.59 Å². The highest BCUT2D eigenvalue weighted by Crippen LogP contribution is 2.14. The summed E-state index contributed by atoms with van der Waals surface area (Å²) in [5.74, 6) is 0.224. The number of hydrogen-bond acceptors (Lipinski definition) is 7. The predicted molar refractivity (Wildman–Crippen MR) is 107 cm³/mol. The molecule has 1 aromatic heterocycles. The van der Waals surface area contributed by atoms with Gasteiger partial charge in [-0.1, -0.05) is 0 Å². The van der Waals surface area contributed by atoms with Gasteiger partial charge in [0.05, 0.1) is 20.3 Å². The summed E-state index contributed by atoms with van der Waals surface area (Å²) in [6, 6.07) is 6.90. The number of nitrogens with zero attached hydrogens (tertiary/aromatic N) is 3. The van der Waals surface area contributed by atoms with Crippen molar-refractivity contribution in [2.75, 3.05) is 58.4 Å². The van der Waals surface area contributed by atoms with Crippen molar-refractivity contribution in [3.8, 4) is 5.75 Å². The molecule has 1 fully saturated rings. The van der Waals surface area contributed by atoms with Gasteiger partial charge in [0.15, 0.2) is 5.13 Å². The van der Waals surface area contributed by atoms with E-state index in [0.717, 1.165) is 13.1 Å². The zero-order chi connectivity index (χ0) is 19.8. The molecule has 1 aliphatic rings. The number of methoxy groups -OCH3 is 1. The Morgan fingerprint density at radius 1 is 1.29 bits per heavy atom. The lowest BCUT2D eigenvalue weighted by Crippen LogP contribution is -2.45. The molecule has 3 rings (SSSR count). The molecule has 1 aliphatic heterocycles. The number of thiazole rings is 1. The lowest BCUT2D eigenvalue weighted by Gasteiger charge is -2.30. The van der Waals surface area contributed by atoms with Gasteiger partial charge in [-0.2, -0.15) is 0 Å². The molecule has 9 heteroatoms. The van der Waals surface area contributed by atoms with Crippen LogP contribution >= 0.6 is 11.3 Å². The zero-order valence-electron chi connectivity index (χ0n) is 15.8. The second kappa shape index (κ2) is 10.2. The molecule has 8 nitrogen and oxygen atoms in total. The summed E-state index contributed by atoms with van der Waals surface area (Å²) in [5.41, 5.74) is 0.518. The highest BCUT2D eigenvalue weighted by atomic mass is 32.1. The van der Waals surface area contributed by atoms with Crippen LogP contribution in [0.1, 0.15) is 10.4 Å². The van der Waals surface area contributed by atoms with Crippen molar-refractivity contribution in [2.24, 2.45) is 0 Å². The van der Waals surface area contributed by atoms with Crippen molar-refractivity contribution < 1.29 is 19.1 Å². The van der Waals surface area contributed by atoms with Gasteiger partial charge in [-0.05, 0) is 24.3 Å². The number of amides is 2. The second-order valence-corrected chi connectivity index (χ2v) is 7.19. The molecule has 0 spiro atoms. The Balaban J connectivity index is 1.66. The van der Waals surface area contributed by atoms with E-state index < -0.39 is 0 Å². The Morgan fingerprint density at radius 3 is 2.68 bits per heavy atom. The van der Waals surface area contributed by atoms with E-state index in [0.29, 0.717) is 42.7 Å². The monoisotopic (exact) mass is 404 g/mol. The van der Waals surface area contributed by atoms with Gasteiger partial charge < -0.3 is 19.7 Å². The van der Waals surface area contributed by atoms with Crippen LogP contribution in [0.3, 0.4) is 0 Å². The van der Waals surface area contributed by atoms with Crippen molar-refractivity contribution in [1.82, 2.24) is 14.8 Å². The first-order valence-corrected chi connectivity index (χ1v) is 9.96. The van der Waals surface area contributed by atoms with Crippen LogP contribution in [0.15, 0.2) is 35.8 Å². The predicted octanol–water partition coefficient (Wildman–Crippen LogP) is 1.56. The number of rotatable bonds is 8. The van der Waals surface area contributed by atoms with Crippen LogP contribution in [-0.4, -0.2) is 79.6 Å². The van der Waals surface area contributed by atoms with E-state index in [1.807, 2.05) is 0 Å². The average Bonchev–Trinajstić information content (AvgIpc) is 3.24. The topological polar surface area (TPSA) is 84.0 Å². The van der Waals surface area contributed by atoms with Gasteiger partial charge in [-0.25, -0.2) is 4.98 Å². The normalized spacial score (nSPS) is 14.5. The quantitative estimate of drug-likeness (QED) is 0.719. The minimum atomic E-state index is -0.265. The molecule has 1 N–H and O–H groups in total. The number of nitrogens with one attached hydrogen (secondary N) is 1. The SMILES string of the molecule is COc1ccc(C(=O)N(CCN2CCOCC2)CC(=O)Nc2nccs2)cc1. The van der Waals surface area contributed by atoms with Crippen molar-refractivity contribution in [3.63, 3.8) is 0 Å². The number of aromatic nitrogens is 1. The van der Waals surface area contributed by atoms with E-state index in [1.54, 1.807) is 47.9 Å². The first-order valence-electron chi connectivity index (χ1n) is 9.08. The first kappa shape index (κ1) is 20.2. The molecule has 150 valence electrons. The number of morpholine rings is 1. The third-order valence-electron chi connectivity index (χ3n) is 4.43. The van der Waals surface area contributed by atoms with Crippen LogP contribution in [-0.2, 0) is 9.53 Å². The summed E-state index contributed by atoms with van der Waals surface area (Å²) < 4.78 is 10.5. The van der Waals surface area contributed by atoms with Gasteiger partial charge in [0.25, 0.3) is 5.91 Å². The van der Waals surface area contributed by atoms with Crippen LogP contribution < -0.4 is 10.1 Å². The van der Waals surface area contributed by atoms with Crippen molar-refractivity contribution in [2.45, 2.75) is 0 Å². The lowest BCUT2D eigenvalue weighted by atomic mass is 10.2. The maximum Gasteiger partial charge on any atom is 0.254 e. The molecular formula is C19H24N4O4S. The minimum absolute atomic E-state index is 0.0330. The molecule has 0 unspecified atom stereocenters. The Kier molecular flexibility index (Phi) is 7.35. The summed E-state index contributed by atoms with van der Waals surface area (Å²) in [5, 5.41) is 5.05. The molecule has 0 bridgehead atoms. The maximum atomic E-state index is 13.0. The first-order chi connectivity index (χ1) is 13.7. The molecule has 28 heavy (non-hydrogen) atoms. The summed E-state index contributed by atoms with van der Waals surface area (Å²) >= 11 is 1.34. The van der Waals surface area contributed by atoms with E-state index >= 15 is 0 Å². The Labute approximate surface area is 168 Å². The largest absolute Gasteiger partial charge is 0.497 e. The third kappa shape index (κ3) is 5.75. The van der Waals surface area contributed by atoms with Crippen LogP contribution in [0.4, 0.5) is 5.13 Å². The number of carbonyl (C=O) groups excluding carboxylic acids is 2. The van der Waals surface area contributed by atoms with Crippen LogP contribution in [0.2, 0.25) is 0 Å². The number of hydrogen-bond donors (Lipinski definition) is 1. The summed E-state index contributed by atoms with van der Waals surface area (Å²) in [6.07, 6.45) is 1.62. The van der Waals surface area contributed by atoms with Gasteiger partial charge >= 0.3 is 0 Å². The van der Waals surface area contributed by atoms with E-state index in [4.69, 9.17) is 9.47 Å². The number of benzene rings is 1. The number of anilines is 1. The smallest absolute Gasteiger partial charge is 0.254 e. The van der Waals surface area contributed by atoms with Crippen molar-refractivity contribution >= 4 is 28.3 Å². The molecule has 2 aromatic rings. The summed E-state index contributed by atoms with van der Waals surface area (Å²) in [4.78, 5) is 33.3. The van der Waals surface area contributed by atoms with Crippen LogP contribution in [0.25, 0.3) is 0 Å². The van der Waals surface area contributed by atoms with Gasteiger partial charge in [-0.3, -0.25) is 14.5 Å². The molecule has 1 aromatic carbocycles. The van der Waals surface area contributed by atoms with Crippen LogP contribution in [0, 0.1) is 0 Å². The zero-order valence-corrected chi connectivity index (χ0v) is 16.6. The Hall–Kier alpha value is -2.49. The molecule has 2 heterocycles. The van der Waals surface area contributed by atoms with E-state index in [-0.39, 0.29) is 18.4 Å². The molecular weight excluding hydrogens is 380 g/mol. The van der Waals surface area contributed by atoms with E-state index in [1.165, 1.54) is 11.3 Å².